The Morgan fingerprint density at radius 1 is 1.15 bits per heavy atom. The summed E-state index contributed by atoms with van der Waals surface area (Å²) < 4.78 is -0.726. The van der Waals surface area contributed by atoms with Gasteiger partial charge in [0, 0.05) is 30.9 Å². The molecule has 3 heterocycles. The molecule has 0 aromatic rings. The van der Waals surface area contributed by atoms with Gasteiger partial charge in [-0.1, -0.05) is 53.7 Å². The van der Waals surface area contributed by atoms with Crippen molar-refractivity contribution in [2.75, 3.05) is 26.7 Å². The van der Waals surface area contributed by atoms with Gasteiger partial charge in [-0.25, -0.2) is 0 Å². The van der Waals surface area contributed by atoms with Gasteiger partial charge in [-0.3, -0.25) is 14.4 Å². The van der Waals surface area contributed by atoms with Gasteiger partial charge in [-0.15, -0.1) is 24.9 Å². The first kappa shape index (κ1) is 32.7. The van der Waals surface area contributed by atoms with Gasteiger partial charge in [-0.05, 0) is 50.4 Å². The lowest BCUT2D eigenvalue weighted by atomic mass is 9.65. The molecule has 1 spiro atoms. The number of amides is 3. The van der Waals surface area contributed by atoms with Crippen molar-refractivity contribution < 1.29 is 19.5 Å². The van der Waals surface area contributed by atoms with Crippen LogP contribution in [0.4, 0.5) is 0 Å². The average Bonchev–Trinajstić information content (AvgIpc) is 3.42. The van der Waals surface area contributed by atoms with E-state index in [9.17, 15) is 19.5 Å². The van der Waals surface area contributed by atoms with Crippen molar-refractivity contribution in [1.82, 2.24) is 14.7 Å². The summed E-state index contributed by atoms with van der Waals surface area (Å²) in [6.07, 6.45) is 5.59. The van der Waals surface area contributed by atoms with Crippen LogP contribution in [0.1, 0.15) is 74.7 Å². The minimum Gasteiger partial charge on any atom is -0.394 e. The van der Waals surface area contributed by atoms with E-state index < -0.39 is 34.2 Å². The van der Waals surface area contributed by atoms with Crippen molar-refractivity contribution in [3.63, 3.8) is 0 Å². The van der Waals surface area contributed by atoms with Gasteiger partial charge in [0.25, 0.3) is 0 Å². The van der Waals surface area contributed by atoms with Gasteiger partial charge in [0.05, 0.1) is 29.2 Å². The smallest absolute Gasteiger partial charge is 0.247 e. The fourth-order valence-electron chi connectivity index (χ4n) is 8.08. The van der Waals surface area contributed by atoms with E-state index in [-0.39, 0.29) is 46.8 Å². The molecule has 7 nitrogen and oxygen atoms in total. The molecule has 226 valence electrons. The second kappa shape index (κ2) is 11.8. The van der Waals surface area contributed by atoms with E-state index in [4.69, 9.17) is 0 Å². The van der Waals surface area contributed by atoms with Crippen LogP contribution in [0, 0.1) is 29.1 Å². The quantitative estimate of drug-likeness (QED) is 0.344. The maximum atomic E-state index is 15.0. The van der Waals surface area contributed by atoms with Crippen molar-refractivity contribution in [1.29, 1.82) is 0 Å². The number of hydrogen-bond donors (Lipinski definition) is 1. The first-order valence-corrected chi connectivity index (χ1v) is 15.8. The number of likely N-dealkylation sites (tertiary alicyclic amines) is 1. The van der Waals surface area contributed by atoms with Gasteiger partial charge in [-0.2, -0.15) is 0 Å². The molecular formula is C32H53N3O4S. The number of rotatable bonds is 12. The number of carbonyl (C=O) groups excluding carboxylic acids is 3. The van der Waals surface area contributed by atoms with Crippen LogP contribution in [0.2, 0.25) is 0 Å². The molecule has 3 amide bonds. The van der Waals surface area contributed by atoms with Crippen molar-refractivity contribution in [2.45, 2.75) is 102 Å². The normalized spacial score (nSPS) is 30.4. The van der Waals surface area contributed by atoms with E-state index in [2.05, 4.69) is 68.5 Å². The molecule has 3 rings (SSSR count). The van der Waals surface area contributed by atoms with Gasteiger partial charge in [0.15, 0.2) is 0 Å². The maximum absolute atomic E-state index is 15.0. The molecule has 2 bridgehead atoms. The van der Waals surface area contributed by atoms with Crippen LogP contribution >= 0.6 is 11.8 Å². The molecule has 0 aromatic carbocycles. The third-order valence-electron chi connectivity index (χ3n) is 9.10. The summed E-state index contributed by atoms with van der Waals surface area (Å²) in [4.78, 5) is 48.7. The summed E-state index contributed by atoms with van der Waals surface area (Å²) in [6.45, 7) is 25.3. The lowest BCUT2D eigenvalue weighted by Gasteiger charge is -2.47. The Morgan fingerprint density at radius 3 is 2.25 bits per heavy atom. The molecule has 0 saturated carbocycles. The fraction of sp³-hybridized carbons (Fsp3) is 0.781. The van der Waals surface area contributed by atoms with Crippen LogP contribution < -0.4 is 0 Å². The monoisotopic (exact) mass is 575 g/mol. The molecule has 1 N–H and O–H groups in total. The molecule has 40 heavy (non-hydrogen) atoms. The molecule has 0 radical (unpaired) electrons. The van der Waals surface area contributed by atoms with Crippen LogP contribution in [0.15, 0.2) is 25.3 Å². The Morgan fingerprint density at radius 2 is 1.75 bits per heavy atom. The maximum Gasteiger partial charge on any atom is 0.247 e. The molecule has 3 unspecified atom stereocenters. The molecule has 3 fully saturated rings. The molecule has 3 aliphatic rings. The van der Waals surface area contributed by atoms with E-state index in [1.807, 2.05) is 4.90 Å². The number of fused-ring (bicyclic) bond motifs is 1. The molecule has 3 aliphatic heterocycles. The Bertz CT molecular complexity index is 1000. The van der Waals surface area contributed by atoms with Crippen molar-refractivity contribution in [3.8, 4) is 0 Å². The number of likely N-dealkylation sites (N-methyl/N-ethyl adjacent to an activating group) is 1. The van der Waals surface area contributed by atoms with Gasteiger partial charge >= 0.3 is 0 Å². The Labute approximate surface area is 246 Å². The molecule has 3 saturated heterocycles. The predicted octanol–water partition coefficient (Wildman–Crippen LogP) is 4.60. The lowest BCUT2D eigenvalue weighted by Crippen LogP contribution is -2.63. The average molecular weight is 576 g/mol. The molecular weight excluding hydrogens is 522 g/mol. The highest BCUT2D eigenvalue weighted by Gasteiger charge is 2.77. The number of hydrogen-bond acceptors (Lipinski definition) is 5. The summed E-state index contributed by atoms with van der Waals surface area (Å²) in [6, 6.07) is -1.25. The second-order valence-electron chi connectivity index (χ2n) is 14.6. The standard InChI is InChI=1S/C32H53N3O4S/c1-12-14-33(11)27(37)24-23-17-21(5)32(40-23)25(24)28(38)35(22(18-36)16-20(3)4)26(32)29(39)34(15-13-2)31(9,10)19-30(6,7)8/h12-13,20-26,36H,1-2,14-19H2,3-11H3/t21?,22-,23-,24+,25+,26?,32?/m1/s1. The Hall–Kier alpha value is -1.80. The van der Waals surface area contributed by atoms with Crippen molar-refractivity contribution in [2.24, 2.45) is 29.1 Å². The minimum absolute atomic E-state index is 0.0192. The van der Waals surface area contributed by atoms with Gasteiger partial charge < -0.3 is 19.8 Å². The zero-order chi connectivity index (χ0) is 30.4. The SMILES string of the molecule is C=CCN(C)C(=O)[C@@H]1[C@H]2C(=O)N([C@@H](CO)CC(C)C)C(C(=O)N(CC=C)C(C)(C)CC(C)(C)C)C23S[C@@H]1CC3C. The third-order valence-corrected chi connectivity index (χ3v) is 11.2. The second-order valence-corrected chi connectivity index (χ2v) is 16.1. The largest absolute Gasteiger partial charge is 0.394 e. The first-order valence-electron chi connectivity index (χ1n) is 14.9. The van der Waals surface area contributed by atoms with E-state index >= 15 is 0 Å². The first-order chi connectivity index (χ1) is 18.5. The van der Waals surface area contributed by atoms with Gasteiger partial charge in [0.1, 0.15) is 6.04 Å². The third kappa shape index (κ3) is 5.64. The number of nitrogens with zero attached hydrogens (tertiary/aromatic N) is 3. The van der Waals surface area contributed by atoms with Crippen molar-refractivity contribution in [3.05, 3.63) is 25.3 Å². The van der Waals surface area contributed by atoms with E-state index in [0.29, 0.717) is 19.5 Å². The summed E-state index contributed by atoms with van der Waals surface area (Å²) >= 11 is 1.69. The number of aliphatic hydroxyl groups is 1. The van der Waals surface area contributed by atoms with Crippen molar-refractivity contribution >= 4 is 29.5 Å². The number of carbonyl (C=O) groups is 3. The van der Waals surface area contributed by atoms with E-state index in [1.165, 1.54) is 0 Å². The number of aliphatic hydroxyl groups excluding tert-OH is 1. The van der Waals surface area contributed by atoms with Crippen LogP contribution in [-0.2, 0) is 14.4 Å². The van der Waals surface area contributed by atoms with E-state index in [1.54, 1.807) is 40.8 Å². The van der Waals surface area contributed by atoms with Crippen LogP contribution in [0.5, 0.6) is 0 Å². The van der Waals surface area contributed by atoms with E-state index in [0.717, 1.165) is 12.8 Å². The highest BCUT2D eigenvalue weighted by atomic mass is 32.2. The summed E-state index contributed by atoms with van der Waals surface area (Å²) in [5.74, 6) is -1.11. The molecule has 0 aliphatic carbocycles. The predicted molar refractivity (Wildman–Crippen MR) is 164 cm³/mol. The Kier molecular flexibility index (Phi) is 9.67. The van der Waals surface area contributed by atoms with Crippen LogP contribution in [-0.4, -0.2) is 91.9 Å². The van der Waals surface area contributed by atoms with Crippen LogP contribution in [0.25, 0.3) is 0 Å². The molecule has 7 atom stereocenters. The summed E-state index contributed by atoms with van der Waals surface area (Å²) in [5.41, 5.74) is -0.523. The highest BCUT2D eigenvalue weighted by Crippen LogP contribution is 2.69. The van der Waals surface area contributed by atoms with Gasteiger partial charge in [0.2, 0.25) is 17.7 Å². The molecule has 8 heteroatoms. The van der Waals surface area contributed by atoms with Crippen LogP contribution in [0.3, 0.4) is 0 Å². The zero-order valence-corrected chi connectivity index (χ0v) is 27.1. The summed E-state index contributed by atoms with van der Waals surface area (Å²) in [7, 11) is 1.76. The molecule has 0 aromatic heterocycles. The topological polar surface area (TPSA) is 81.2 Å². The zero-order valence-electron chi connectivity index (χ0n) is 26.3. The fourth-order valence-corrected chi connectivity index (χ4v) is 10.5. The Balaban J connectivity index is 2.20. The highest BCUT2D eigenvalue weighted by molar-refractivity contribution is 8.02. The summed E-state index contributed by atoms with van der Waals surface area (Å²) in [5, 5.41) is 10.6. The number of thioether (sulfide) groups is 1. The minimum atomic E-state index is -0.757. The lowest BCUT2D eigenvalue weighted by molar-refractivity contribution is -0.150.